The maximum absolute atomic E-state index is 13.0. The van der Waals surface area contributed by atoms with Crippen LogP contribution >= 0.6 is 22.7 Å². The molecule has 0 spiro atoms. The Morgan fingerprint density at radius 1 is 1.12 bits per heavy atom. The summed E-state index contributed by atoms with van der Waals surface area (Å²) in [4.78, 5) is 9.30. The summed E-state index contributed by atoms with van der Waals surface area (Å²) in [6, 6.07) is 8.59. The van der Waals surface area contributed by atoms with Crippen LogP contribution in [0.5, 0.6) is 0 Å². The van der Waals surface area contributed by atoms with Crippen molar-refractivity contribution >= 4 is 32.8 Å². The lowest BCUT2D eigenvalue weighted by molar-refractivity contribution is 0.628. The quantitative estimate of drug-likeness (QED) is 0.539. The molecule has 24 heavy (non-hydrogen) atoms. The van der Waals surface area contributed by atoms with Gasteiger partial charge in [-0.2, -0.15) is 0 Å². The fraction of sp³-hybridized carbons (Fsp3) is 0.176. The summed E-state index contributed by atoms with van der Waals surface area (Å²) >= 11 is 3.44. The van der Waals surface area contributed by atoms with Gasteiger partial charge in [0.05, 0.1) is 11.9 Å². The van der Waals surface area contributed by atoms with Crippen LogP contribution in [-0.4, -0.2) is 21.1 Å². The van der Waals surface area contributed by atoms with E-state index >= 15 is 0 Å². The molecule has 0 aliphatic carbocycles. The number of nitrogens with zero attached hydrogens (tertiary/aromatic N) is 4. The lowest BCUT2D eigenvalue weighted by Crippen LogP contribution is -2.29. The van der Waals surface area contributed by atoms with E-state index in [4.69, 9.17) is 0 Å². The van der Waals surface area contributed by atoms with E-state index in [1.54, 1.807) is 23.5 Å². The highest BCUT2D eigenvalue weighted by atomic mass is 32.1. The first kappa shape index (κ1) is 14.1. The number of thiophene rings is 1. The van der Waals surface area contributed by atoms with Gasteiger partial charge >= 0.3 is 0 Å². The Labute approximate surface area is 145 Å². The number of benzene rings is 1. The zero-order chi connectivity index (χ0) is 16.1. The number of fused-ring (bicyclic) bond motifs is 2. The van der Waals surface area contributed by atoms with Crippen molar-refractivity contribution in [2.45, 2.75) is 13.0 Å². The van der Waals surface area contributed by atoms with E-state index in [-0.39, 0.29) is 5.82 Å². The molecule has 0 amide bonds. The molecule has 0 N–H and O–H groups in total. The second-order valence-corrected chi connectivity index (χ2v) is 7.72. The highest BCUT2D eigenvalue weighted by molar-refractivity contribution is 7.20. The third kappa shape index (κ3) is 2.32. The Balaban J connectivity index is 1.45. The van der Waals surface area contributed by atoms with E-state index in [9.17, 15) is 4.39 Å². The summed E-state index contributed by atoms with van der Waals surface area (Å²) in [7, 11) is 0. The van der Waals surface area contributed by atoms with E-state index < -0.39 is 0 Å². The third-order valence-corrected chi connectivity index (χ3v) is 6.26. The van der Waals surface area contributed by atoms with Gasteiger partial charge in [-0.1, -0.05) is 11.3 Å². The maximum atomic E-state index is 13.0. The smallest absolute Gasteiger partial charge is 0.214 e. The molecule has 1 aliphatic heterocycles. The molecule has 0 atom stereocenters. The molecule has 3 aromatic heterocycles. The van der Waals surface area contributed by atoms with Gasteiger partial charge < -0.3 is 4.90 Å². The number of rotatable bonds is 2. The first-order valence-corrected chi connectivity index (χ1v) is 9.38. The predicted octanol–water partition coefficient (Wildman–Crippen LogP) is 4.22. The molecule has 4 nitrogen and oxygen atoms in total. The van der Waals surface area contributed by atoms with E-state index in [0.29, 0.717) is 0 Å². The Hall–Kier alpha value is -2.25. The fourth-order valence-corrected chi connectivity index (χ4v) is 4.79. The monoisotopic (exact) mass is 356 g/mol. The van der Waals surface area contributed by atoms with Crippen LogP contribution in [0.15, 0.2) is 41.9 Å². The summed E-state index contributed by atoms with van der Waals surface area (Å²) in [5.41, 5.74) is 3.13. The highest BCUT2D eigenvalue weighted by Crippen LogP contribution is 2.31. The fourth-order valence-electron chi connectivity index (χ4n) is 2.99. The second-order valence-electron chi connectivity index (χ2n) is 5.79. The number of halogens is 1. The summed E-state index contributed by atoms with van der Waals surface area (Å²) < 4.78 is 14.9. The minimum atomic E-state index is -0.238. The van der Waals surface area contributed by atoms with Gasteiger partial charge in [0.2, 0.25) is 10.1 Å². The van der Waals surface area contributed by atoms with Gasteiger partial charge in [0.25, 0.3) is 0 Å². The predicted molar refractivity (Wildman–Crippen MR) is 95.3 cm³/mol. The molecule has 0 saturated heterocycles. The molecule has 1 aliphatic rings. The van der Waals surface area contributed by atoms with Crippen LogP contribution in [0, 0.1) is 5.82 Å². The third-order valence-electron chi connectivity index (χ3n) is 4.25. The molecule has 4 aromatic rings. The van der Waals surface area contributed by atoms with Crippen LogP contribution in [0.25, 0.3) is 16.2 Å². The topological polar surface area (TPSA) is 33.4 Å². The van der Waals surface area contributed by atoms with Gasteiger partial charge in [0.15, 0.2) is 0 Å². The summed E-state index contributed by atoms with van der Waals surface area (Å²) in [5.74, 6) is -0.238. The minimum absolute atomic E-state index is 0.238. The molecule has 0 unspecified atom stereocenters. The molecule has 7 heteroatoms. The van der Waals surface area contributed by atoms with Gasteiger partial charge in [-0.15, -0.1) is 16.4 Å². The Bertz CT molecular complexity index is 984. The molecular weight excluding hydrogens is 343 g/mol. The number of imidazole rings is 1. The van der Waals surface area contributed by atoms with E-state index in [0.717, 1.165) is 40.9 Å². The average Bonchev–Trinajstić information content (AvgIpc) is 3.28. The molecule has 120 valence electrons. The van der Waals surface area contributed by atoms with Gasteiger partial charge in [0, 0.05) is 23.5 Å². The molecular formula is C17H13FN4S2. The summed E-state index contributed by atoms with van der Waals surface area (Å²) in [6.07, 6.45) is 2.98. The molecule has 5 rings (SSSR count). The van der Waals surface area contributed by atoms with Gasteiger partial charge in [0.1, 0.15) is 5.82 Å². The largest absolute Gasteiger partial charge is 0.342 e. The van der Waals surface area contributed by atoms with Crippen molar-refractivity contribution in [3.8, 4) is 11.3 Å². The summed E-state index contributed by atoms with van der Waals surface area (Å²) in [5, 5.41) is 7.85. The molecule has 0 saturated carbocycles. The van der Waals surface area contributed by atoms with Gasteiger partial charge in [-0.05, 0) is 47.7 Å². The normalized spacial score (nSPS) is 14.3. The van der Waals surface area contributed by atoms with E-state index in [2.05, 4.69) is 26.4 Å². The van der Waals surface area contributed by atoms with Crippen molar-refractivity contribution in [3.05, 3.63) is 58.2 Å². The lowest BCUT2D eigenvalue weighted by Gasteiger charge is -2.25. The zero-order valence-corrected chi connectivity index (χ0v) is 14.3. The van der Waals surface area contributed by atoms with E-state index in [1.807, 2.05) is 22.0 Å². The average molecular weight is 356 g/mol. The van der Waals surface area contributed by atoms with Gasteiger partial charge in [-0.25, -0.2) is 13.9 Å². The molecule has 0 radical (unpaired) electrons. The Morgan fingerprint density at radius 3 is 2.83 bits per heavy atom. The molecule has 0 bridgehead atoms. The maximum Gasteiger partial charge on any atom is 0.214 e. The van der Waals surface area contributed by atoms with Crippen LogP contribution in [0.4, 0.5) is 9.52 Å². The number of hydrogen-bond acceptors (Lipinski definition) is 5. The minimum Gasteiger partial charge on any atom is -0.342 e. The zero-order valence-electron chi connectivity index (χ0n) is 12.6. The molecule has 1 aromatic carbocycles. The van der Waals surface area contributed by atoms with Crippen LogP contribution in [-0.2, 0) is 13.0 Å². The van der Waals surface area contributed by atoms with Crippen molar-refractivity contribution in [2.24, 2.45) is 0 Å². The van der Waals surface area contributed by atoms with Crippen molar-refractivity contribution in [2.75, 3.05) is 11.4 Å². The highest BCUT2D eigenvalue weighted by Gasteiger charge is 2.21. The lowest BCUT2D eigenvalue weighted by atomic mass is 10.1. The number of aromatic nitrogens is 3. The Kier molecular flexibility index (Phi) is 3.17. The Morgan fingerprint density at radius 2 is 2.00 bits per heavy atom. The van der Waals surface area contributed by atoms with Crippen LogP contribution in [0.2, 0.25) is 0 Å². The van der Waals surface area contributed by atoms with Crippen molar-refractivity contribution in [3.63, 3.8) is 0 Å². The summed E-state index contributed by atoms with van der Waals surface area (Å²) in [6.45, 7) is 1.91. The second kappa shape index (κ2) is 5.39. The van der Waals surface area contributed by atoms with Crippen molar-refractivity contribution < 1.29 is 4.39 Å². The van der Waals surface area contributed by atoms with E-state index in [1.165, 1.54) is 22.6 Å². The first-order valence-electron chi connectivity index (χ1n) is 7.68. The van der Waals surface area contributed by atoms with Crippen LogP contribution < -0.4 is 4.90 Å². The number of hydrogen-bond donors (Lipinski definition) is 0. The van der Waals surface area contributed by atoms with Gasteiger partial charge in [-0.3, -0.25) is 0 Å². The van der Waals surface area contributed by atoms with Crippen molar-refractivity contribution in [1.82, 2.24) is 14.6 Å². The first-order chi connectivity index (χ1) is 11.8. The molecule has 4 heterocycles. The van der Waals surface area contributed by atoms with Crippen molar-refractivity contribution in [1.29, 1.82) is 0 Å². The van der Waals surface area contributed by atoms with Crippen LogP contribution in [0.1, 0.15) is 10.4 Å². The SMILES string of the molecule is Fc1ccc(-c2cn3nc(N4CCc5sccc5C4)sc3n2)cc1. The molecule has 0 fully saturated rings. The van der Waals surface area contributed by atoms with Crippen LogP contribution in [0.3, 0.4) is 0 Å². The standard InChI is InChI=1S/C17H13FN4S2/c18-13-3-1-11(2-4-13)14-10-22-16(19-14)24-17(20-22)21-7-5-15-12(9-21)6-8-23-15/h1-4,6,8,10H,5,7,9H2. The number of anilines is 1.